The van der Waals surface area contributed by atoms with E-state index in [4.69, 9.17) is 5.73 Å². The molecule has 130 valence electrons. The van der Waals surface area contributed by atoms with Gasteiger partial charge < -0.3 is 16.0 Å². The summed E-state index contributed by atoms with van der Waals surface area (Å²) in [5.74, 6) is 1.43. The number of fused-ring (bicyclic) bond motifs is 1. The molecule has 1 aliphatic rings. The molecule has 0 amide bonds. The highest BCUT2D eigenvalue weighted by Crippen LogP contribution is 2.21. The van der Waals surface area contributed by atoms with Gasteiger partial charge in [-0.25, -0.2) is 9.97 Å². The first-order chi connectivity index (χ1) is 12.1. The van der Waals surface area contributed by atoms with Crippen molar-refractivity contribution in [1.29, 1.82) is 0 Å². The summed E-state index contributed by atoms with van der Waals surface area (Å²) in [6.45, 7) is 1.98. The molecular formula is C19H23N5O. The van der Waals surface area contributed by atoms with Crippen molar-refractivity contribution in [3.8, 4) is 0 Å². The van der Waals surface area contributed by atoms with Crippen LogP contribution in [0.15, 0.2) is 41.5 Å². The van der Waals surface area contributed by atoms with Gasteiger partial charge in [0, 0.05) is 12.4 Å². The van der Waals surface area contributed by atoms with E-state index < -0.39 is 0 Å². The van der Waals surface area contributed by atoms with Crippen molar-refractivity contribution in [1.82, 2.24) is 15.0 Å². The minimum Gasteiger partial charge on any atom is -0.383 e. The lowest BCUT2D eigenvalue weighted by molar-refractivity contribution is 0.886. The van der Waals surface area contributed by atoms with Crippen LogP contribution in [0.2, 0.25) is 0 Å². The van der Waals surface area contributed by atoms with Crippen molar-refractivity contribution in [3.05, 3.63) is 52.6 Å². The van der Waals surface area contributed by atoms with E-state index in [9.17, 15) is 4.79 Å². The van der Waals surface area contributed by atoms with E-state index in [1.54, 1.807) is 24.5 Å². The highest BCUT2D eigenvalue weighted by molar-refractivity contribution is 5.92. The number of aromatic nitrogens is 3. The number of H-pyrrole nitrogens is 1. The molecule has 25 heavy (non-hydrogen) atoms. The van der Waals surface area contributed by atoms with Gasteiger partial charge in [0.25, 0.3) is 5.56 Å². The molecule has 6 heteroatoms. The van der Waals surface area contributed by atoms with Crippen LogP contribution in [0.4, 0.5) is 17.5 Å². The zero-order valence-electron chi connectivity index (χ0n) is 14.4. The number of hydrogen-bond acceptors (Lipinski definition) is 5. The number of anilines is 3. The van der Waals surface area contributed by atoms with Gasteiger partial charge in [-0.05, 0) is 42.1 Å². The van der Waals surface area contributed by atoms with Crippen LogP contribution in [0, 0.1) is 6.92 Å². The first-order valence-corrected chi connectivity index (χ1v) is 8.61. The second-order valence-electron chi connectivity index (χ2n) is 6.27. The van der Waals surface area contributed by atoms with Crippen LogP contribution in [0.5, 0.6) is 0 Å². The summed E-state index contributed by atoms with van der Waals surface area (Å²) in [7, 11) is 0. The maximum atomic E-state index is 11.7. The number of aryl methyl sites for hydroxylation is 1. The third-order valence-electron chi connectivity index (χ3n) is 4.20. The molecule has 0 radical (unpaired) electrons. The number of nitrogen functional groups attached to an aromatic ring is 1. The van der Waals surface area contributed by atoms with Crippen molar-refractivity contribution in [2.24, 2.45) is 0 Å². The second kappa shape index (κ2) is 7.79. The summed E-state index contributed by atoms with van der Waals surface area (Å²) in [5.41, 5.74) is 6.70. The first kappa shape index (κ1) is 17.0. The normalized spacial score (nSPS) is 13.3. The van der Waals surface area contributed by atoms with Crippen molar-refractivity contribution in [2.45, 2.75) is 39.0 Å². The lowest BCUT2D eigenvalue weighted by Crippen LogP contribution is -2.09. The number of pyridine rings is 3. The topological polar surface area (TPSA) is 96.7 Å². The van der Waals surface area contributed by atoms with Crippen molar-refractivity contribution in [2.75, 3.05) is 11.1 Å². The molecule has 1 fully saturated rings. The van der Waals surface area contributed by atoms with Crippen molar-refractivity contribution < 1.29 is 0 Å². The van der Waals surface area contributed by atoms with Gasteiger partial charge >= 0.3 is 0 Å². The Morgan fingerprint density at radius 3 is 2.48 bits per heavy atom. The molecule has 0 aromatic carbocycles. The summed E-state index contributed by atoms with van der Waals surface area (Å²) in [5, 5.41) is 4.21. The second-order valence-corrected chi connectivity index (χ2v) is 6.27. The third kappa shape index (κ3) is 4.35. The summed E-state index contributed by atoms with van der Waals surface area (Å²) in [6, 6.07) is 7.36. The fourth-order valence-electron chi connectivity index (χ4n) is 2.93. The van der Waals surface area contributed by atoms with Crippen LogP contribution in [-0.4, -0.2) is 15.0 Å². The standard InChI is InChI=1S/C14H13N5O.C5H10/c1-8-2-4-16-10(6-8)18-11-7-9-3-5-17-14(20)12(9)13(15)19-11;1-2-4-5-3-1/h2-7H,1H3,(H,17,20)(H3,15,16,18,19);1-5H2. The molecule has 3 aromatic heterocycles. The largest absolute Gasteiger partial charge is 0.383 e. The molecule has 1 saturated carbocycles. The Morgan fingerprint density at radius 1 is 1.08 bits per heavy atom. The first-order valence-electron chi connectivity index (χ1n) is 8.61. The zero-order valence-corrected chi connectivity index (χ0v) is 14.4. The average Bonchev–Trinajstić information content (AvgIpc) is 3.14. The van der Waals surface area contributed by atoms with Gasteiger partial charge in [0.1, 0.15) is 17.5 Å². The van der Waals surface area contributed by atoms with Crippen LogP contribution < -0.4 is 16.6 Å². The molecule has 0 atom stereocenters. The van der Waals surface area contributed by atoms with Crippen LogP contribution in [-0.2, 0) is 0 Å². The monoisotopic (exact) mass is 337 g/mol. The Hall–Kier alpha value is -2.89. The van der Waals surface area contributed by atoms with Gasteiger partial charge in [0.15, 0.2) is 0 Å². The van der Waals surface area contributed by atoms with Crippen LogP contribution >= 0.6 is 0 Å². The summed E-state index contributed by atoms with van der Waals surface area (Å²) >= 11 is 0. The van der Waals surface area contributed by atoms with E-state index in [-0.39, 0.29) is 11.4 Å². The van der Waals surface area contributed by atoms with E-state index in [1.807, 2.05) is 19.1 Å². The fraction of sp³-hybridized carbons (Fsp3) is 0.316. The molecule has 0 unspecified atom stereocenters. The van der Waals surface area contributed by atoms with Gasteiger partial charge in [0.05, 0.1) is 5.39 Å². The Balaban J connectivity index is 0.000000314. The predicted octanol–water partition coefficient (Wildman–Crippen LogP) is 3.90. The quantitative estimate of drug-likeness (QED) is 0.659. The molecule has 1 aliphatic carbocycles. The molecule has 4 N–H and O–H groups in total. The maximum absolute atomic E-state index is 11.7. The lowest BCUT2D eigenvalue weighted by atomic mass is 10.2. The van der Waals surface area contributed by atoms with Gasteiger partial charge in [0.2, 0.25) is 0 Å². The van der Waals surface area contributed by atoms with Crippen molar-refractivity contribution in [3.63, 3.8) is 0 Å². The van der Waals surface area contributed by atoms with E-state index in [0.29, 0.717) is 17.0 Å². The molecule has 3 aromatic rings. The Morgan fingerprint density at radius 2 is 1.80 bits per heavy atom. The van der Waals surface area contributed by atoms with E-state index in [1.165, 1.54) is 32.1 Å². The van der Waals surface area contributed by atoms with Gasteiger partial charge in [-0.2, -0.15) is 0 Å². The number of nitrogens with zero attached hydrogens (tertiary/aromatic N) is 2. The summed E-state index contributed by atoms with van der Waals surface area (Å²) < 4.78 is 0. The van der Waals surface area contributed by atoms with Crippen LogP contribution in [0.3, 0.4) is 0 Å². The minimum atomic E-state index is -0.243. The van der Waals surface area contributed by atoms with E-state index in [0.717, 1.165) is 10.9 Å². The zero-order chi connectivity index (χ0) is 17.6. The lowest BCUT2D eigenvalue weighted by Gasteiger charge is -2.08. The molecule has 4 rings (SSSR count). The molecule has 0 bridgehead atoms. The Labute approximate surface area is 146 Å². The SMILES string of the molecule is C1CCCC1.Cc1ccnc(Nc2cc3cc[nH]c(=O)c3c(N)n2)c1. The fourth-order valence-corrected chi connectivity index (χ4v) is 2.93. The maximum Gasteiger partial charge on any atom is 0.259 e. The molecule has 0 aliphatic heterocycles. The average molecular weight is 337 g/mol. The van der Waals surface area contributed by atoms with E-state index >= 15 is 0 Å². The van der Waals surface area contributed by atoms with Gasteiger partial charge in [-0.3, -0.25) is 4.79 Å². The molecule has 0 spiro atoms. The van der Waals surface area contributed by atoms with Gasteiger partial charge in [-0.15, -0.1) is 0 Å². The molecule has 0 saturated heterocycles. The Kier molecular flexibility index (Phi) is 5.28. The highest BCUT2D eigenvalue weighted by atomic mass is 16.1. The Bertz CT molecular complexity index is 907. The number of nitrogens with two attached hydrogens (primary N) is 1. The van der Waals surface area contributed by atoms with Crippen LogP contribution in [0.1, 0.15) is 37.7 Å². The number of hydrogen-bond donors (Lipinski definition) is 3. The third-order valence-corrected chi connectivity index (χ3v) is 4.20. The molecular weight excluding hydrogens is 314 g/mol. The summed E-state index contributed by atoms with van der Waals surface area (Å²) in [4.78, 5) is 22.7. The molecule has 3 heterocycles. The smallest absolute Gasteiger partial charge is 0.259 e. The van der Waals surface area contributed by atoms with Gasteiger partial charge in [-0.1, -0.05) is 32.1 Å². The minimum absolute atomic E-state index is 0.194. The van der Waals surface area contributed by atoms with Crippen LogP contribution in [0.25, 0.3) is 10.8 Å². The highest BCUT2D eigenvalue weighted by Gasteiger charge is 2.07. The number of aromatic amines is 1. The predicted molar refractivity (Wildman–Crippen MR) is 102 cm³/mol. The van der Waals surface area contributed by atoms with Crippen molar-refractivity contribution >= 4 is 28.2 Å². The van der Waals surface area contributed by atoms with E-state index in [2.05, 4.69) is 20.3 Å². The molecule has 6 nitrogen and oxygen atoms in total. The number of nitrogens with one attached hydrogen (secondary N) is 2. The summed E-state index contributed by atoms with van der Waals surface area (Å²) in [6.07, 6.45) is 10.8. The number of rotatable bonds is 2.